The average Bonchev–Trinajstić information content (AvgIpc) is 3.20. The van der Waals surface area contributed by atoms with Crippen LogP contribution in [0.4, 0.5) is 5.69 Å². The molecule has 0 radical (unpaired) electrons. The van der Waals surface area contributed by atoms with Gasteiger partial charge >= 0.3 is 0 Å². The Balaban J connectivity index is 1.64. The first-order valence-electron chi connectivity index (χ1n) is 11.2. The van der Waals surface area contributed by atoms with Gasteiger partial charge in [0.25, 0.3) is 11.2 Å². The SMILES string of the molecule is O=c1c(=Cc2cccc(Cl)c2Cl)sc2n1C(c1cccc([N+](=O)[O-])c1)C1=C(N=2)c2ccccc2CC1. The molecule has 1 aromatic heterocycles. The zero-order valence-electron chi connectivity index (χ0n) is 18.7. The largest absolute Gasteiger partial charge is 0.272 e. The van der Waals surface area contributed by atoms with Gasteiger partial charge in [-0.3, -0.25) is 19.5 Å². The normalized spacial score (nSPS) is 16.7. The maximum Gasteiger partial charge on any atom is 0.271 e. The van der Waals surface area contributed by atoms with Gasteiger partial charge < -0.3 is 0 Å². The van der Waals surface area contributed by atoms with Crippen molar-refractivity contribution in [3.05, 3.63) is 134 Å². The monoisotopic (exact) mass is 533 g/mol. The quantitative estimate of drug-likeness (QED) is 0.256. The summed E-state index contributed by atoms with van der Waals surface area (Å²) in [6.07, 6.45) is 3.23. The van der Waals surface area contributed by atoms with E-state index in [1.54, 1.807) is 41.0 Å². The number of nitrogens with zero attached hydrogens (tertiary/aromatic N) is 3. The second-order valence-corrected chi connectivity index (χ2v) is 10.4. The number of thiazole rings is 1. The molecule has 0 N–H and O–H groups in total. The van der Waals surface area contributed by atoms with Gasteiger partial charge in [-0.1, -0.05) is 83.1 Å². The minimum absolute atomic E-state index is 0.0179. The third kappa shape index (κ3) is 3.71. The fraction of sp³-hybridized carbons (Fsp3) is 0.111. The van der Waals surface area contributed by atoms with E-state index >= 15 is 0 Å². The Morgan fingerprint density at radius 2 is 1.86 bits per heavy atom. The second kappa shape index (κ2) is 8.85. The summed E-state index contributed by atoms with van der Waals surface area (Å²) in [5, 5.41) is 12.3. The molecule has 6 rings (SSSR count). The van der Waals surface area contributed by atoms with Crippen LogP contribution in [0.5, 0.6) is 0 Å². The zero-order valence-corrected chi connectivity index (χ0v) is 21.0. The molecule has 2 aliphatic rings. The molecule has 0 spiro atoms. The standard InChI is InChI=1S/C27H17Cl2N3O3S/c28-21-10-4-6-16(23(21)29)14-22-26(33)31-25(17-7-3-8-18(13-17)32(34)35)20-12-11-15-5-1-2-9-19(15)24(20)30-27(31)36-22/h1-10,13-14,25H,11-12H2. The van der Waals surface area contributed by atoms with E-state index in [9.17, 15) is 14.9 Å². The van der Waals surface area contributed by atoms with Crippen molar-refractivity contribution in [2.45, 2.75) is 18.9 Å². The number of allylic oxidation sites excluding steroid dienone is 1. The summed E-state index contributed by atoms with van der Waals surface area (Å²) in [6, 6.07) is 19.4. The highest BCUT2D eigenvalue weighted by atomic mass is 35.5. The average molecular weight is 534 g/mol. The van der Waals surface area contributed by atoms with Crippen LogP contribution in [-0.2, 0) is 6.42 Å². The van der Waals surface area contributed by atoms with Crippen molar-refractivity contribution in [1.29, 1.82) is 0 Å². The lowest BCUT2D eigenvalue weighted by molar-refractivity contribution is -0.384. The minimum Gasteiger partial charge on any atom is -0.272 e. The van der Waals surface area contributed by atoms with E-state index in [0.717, 1.165) is 23.3 Å². The van der Waals surface area contributed by atoms with Crippen LogP contribution >= 0.6 is 34.5 Å². The van der Waals surface area contributed by atoms with Gasteiger partial charge in [0, 0.05) is 17.7 Å². The third-order valence-electron chi connectivity index (χ3n) is 6.54. The first-order chi connectivity index (χ1) is 17.4. The summed E-state index contributed by atoms with van der Waals surface area (Å²) in [4.78, 5) is 30.4. The molecule has 2 heterocycles. The van der Waals surface area contributed by atoms with Crippen molar-refractivity contribution in [2.75, 3.05) is 0 Å². The number of hydrogen-bond acceptors (Lipinski definition) is 5. The van der Waals surface area contributed by atoms with Gasteiger partial charge in [-0.15, -0.1) is 0 Å². The Labute approximate surface area is 219 Å². The van der Waals surface area contributed by atoms with Crippen molar-refractivity contribution in [1.82, 2.24) is 4.57 Å². The first kappa shape index (κ1) is 22.9. The molecule has 1 aliphatic carbocycles. The molecule has 0 saturated heterocycles. The molecule has 6 nitrogen and oxygen atoms in total. The Bertz CT molecular complexity index is 1790. The van der Waals surface area contributed by atoms with E-state index in [0.29, 0.717) is 36.9 Å². The summed E-state index contributed by atoms with van der Waals surface area (Å²) in [5.41, 5.74) is 5.12. The Morgan fingerprint density at radius 3 is 2.69 bits per heavy atom. The molecule has 1 atom stereocenters. The number of halogens is 2. The highest BCUT2D eigenvalue weighted by molar-refractivity contribution is 7.07. The number of nitro benzene ring substituents is 1. The summed E-state index contributed by atoms with van der Waals surface area (Å²) >= 11 is 13.8. The maximum atomic E-state index is 13.8. The Morgan fingerprint density at radius 1 is 1.06 bits per heavy atom. The molecular formula is C27H17Cl2N3O3S. The number of aromatic nitrogens is 1. The number of aryl methyl sites for hydroxylation is 1. The third-order valence-corrected chi connectivity index (χ3v) is 8.35. The van der Waals surface area contributed by atoms with Crippen LogP contribution in [0.2, 0.25) is 10.0 Å². The van der Waals surface area contributed by atoms with Crippen molar-refractivity contribution in [3.8, 4) is 0 Å². The lowest BCUT2D eigenvalue weighted by atomic mass is 9.83. The molecule has 36 heavy (non-hydrogen) atoms. The van der Waals surface area contributed by atoms with Crippen molar-refractivity contribution < 1.29 is 4.92 Å². The van der Waals surface area contributed by atoms with Crippen molar-refractivity contribution >= 4 is 52.0 Å². The predicted octanol–water partition coefficient (Wildman–Crippen LogP) is 5.53. The number of hydrogen-bond donors (Lipinski definition) is 0. The van der Waals surface area contributed by atoms with E-state index in [1.165, 1.54) is 23.0 Å². The van der Waals surface area contributed by atoms with Crippen LogP contribution in [0.3, 0.4) is 0 Å². The fourth-order valence-electron chi connectivity index (χ4n) is 4.90. The first-order valence-corrected chi connectivity index (χ1v) is 12.8. The number of benzene rings is 3. The molecule has 1 unspecified atom stereocenters. The minimum atomic E-state index is -0.499. The van der Waals surface area contributed by atoms with Crippen LogP contribution in [0.25, 0.3) is 11.8 Å². The number of fused-ring (bicyclic) bond motifs is 3. The van der Waals surface area contributed by atoms with Gasteiger partial charge in [0.2, 0.25) is 0 Å². The summed E-state index contributed by atoms with van der Waals surface area (Å²) in [5.74, 6) is 0. The molecule has 3 aromatic carbocycles. The van der Waals surface area contributed by atoms with Gasteiger partial charge in [-0.2, -0.15) is 0 Å². The van der Waals surface area contributed by atoms with Gasteiger partial charge in [0.1, 0.15) is 0 Å². The van der Waals surface area contributed by atoms with E-state index in [-0.39, 0.29) is 11.2 Å². The second-order valence-electron chi connectivity index (χ2n) is 8.61. The van der Waals surface area contributed by atoms with Gasteiger partial charge in [0.15, 0.2) is 4.80 Å². The molecular weight excluding hydrogens is 517 g/mol. The van der Waals surface area contributed by atoms with Crippen LogP contribution in [-0.4, -0.2) is 9.49 Å². The molecule has 178 valence electrons. The molecule has 9 heteroatoms. The van der Waals surface area contributed by atoms with E-state index in [4.69, 9.17) is 28.2 Å². The molecule has 0 bridgehead atoms. The number of rotatable bonds is 3. The van der Waals surface area contributed by atoms with E-state index in [2.05, 4.69) is 6.07 Å². The highest BCUT2D eigenvalue weighted by Gasteiger charge is 2.33. The molecule has 0 saturated carbocycles. The molecule has 4 aromatic rings. The summed E-state index contributed by atoms with van der Waals surface area (Å²) in [7, 11) is 0. The van der Waals surface area contributed by atoms with Gasteiger partial charge in [0.05, 0.1) is 31.2 Å². The Hall–Kier alpha value is -3.52. The summed E-state index contributed by atoms with van der Waals surface area (Å²) in [6.45, 7) is 0. The number of nitro groups is 1. The van der Waals surface area contributed by atoms with Gasteiger partial charge in [-0.05, 0) is 47.2 Å². The number of non-ortho nitro benzene ring substituents is 1. The van der Waals surface area contributed by atoms with Crippen LogP contribution in [0, 0.1) is 10.1 Å². The lowest BCUT2D eigenvalue weighted by Crippen LogP contribution is -2.38. The van der Waals surface area contributed by atoms with E-state index in [1.807, 2.05) is 24.3 Å². The molecule has 0 fully saturated rings. The van der Waals surface area contributed by atoms with Crippen LogP contribution in [0.1, 0.15) is 34.7 Å². The smallest absolute Gasteiger partial charge is 0.271 e. The van der Waals surface area contributed by atoms with Crippen molar-refractivity contribution in [3.63, 3.8) is 0 Å². The lowest BCUT2D eigenvalue weighted by Gasteiger charge is -2.30. The highest BCUT2D eigenvalue weighted by Crippen LogP contribution is 2.41. The molecule has 0 amide bonds. The van der Waals surface area contributed by atoms with Crippen LogP contribution in [0.15, 0.2) is 82.1 Å². The maximum absolute atomic E-state index is 13.8. The van der Waals surface area contributed by atoms with Crippen LogP contribution < -0.4 is 14.9 Å². The summed E-state index contributed by atoms with van der Waals surface area (Å²) < 4.78 is 2.11. The Kier molecular flexibility index (Phi) is 5.63. The van der Waals surface area contributed by atoms with E-state index < -0.39 is 11.0 Å². The zero-order chi connectivity index (χ0) is 25.0. The fourth-order valence-corrected chi connectivity index (χ4v) is 6.26. The van der Waals surface area contributed by atoms with Crippen molar-refractivity contribution in [2.24, 2.45) is 4.99 Å². The molecule has 1 aliphatic heterocycles. The van der Waals surface area contributed by atoms with Gasteiger partial charge in [-0.25, -0.2) is 4.99 Å². The topological polar surface area (TPSA) is 77.5 Å². The predicted molar refractivity (Wildman–Crippen MR) is 142 cm³/mol.